The molecule has 0 spiro atoms. The van der Waals surface area contributed by atoms with Gasteiger partial charge in [0.15, 0.2) is 0 Å². The van der Waals surface area contributed by atoms with Gasteiger partial charge in [-0.2, -0.15) is 0 Å². The Balaban J connectivity index is 0.00000220. The van der Waals surface area contributed by atoms with E-state index in [0.29, 0.717) is 37.6 Å². The molecule has 0 saturated carbocycles. The van der Waals surface area contributed by atoms with Gasteiger partial charge in [0, 0.05) is 62.0 Å². The highest BCUT2D eigenvalue weighted by molar-refractivity contribution is 5.97. The monoisotopic (exact) mass is 595 g/mol. The minimum absolute atomic E-state index is 0. The molecule has 1 aromatic heterocycles. The lowest BCUT2D eigenvalue weighted by atomic mass is 9.91. The Kier molecular flexibility index (Phi) is 11.0. The fourth-order valence-corrected chi connectivity index (χ4v) is 6.24. The number of fused-ring (bicyclic) bond motifs is 1. The second-order valence-electron chi connectivity index (χ2n) is 12.2. The standard InChI is InChI=1S/C30H42FN5O2.2ClH/c1-20-14-34(26(13-32-20)15-35-21(2)17-38-18-22(35)3)16-28(37)36-19-30(4,5)29-27(36)11-24(12-33-29)10-23-6-8-25(31)9-7-23;;/h6-9,11-12,20-22,26,32H,10,13-19H2,1-5H3;2*1H/t20-,21-,22-,26-;;/m1../s1. The number of carbonyl (C=O) groups excluding carboxylic acids is 1. The third-order valence-corrected chi connectivity index (χ3v) is 8.37. The Labute approximate surface area is 250 Å². The molecule has 4 heterocycles. The van der Waals surface area contributed by atoms with Crippen LogP contribution in [0.5, 0.6) is 0 Å². The molecule has 3 aliphatic rings. The number of nitrogens with zero attached hydrogens (tertiary/aromatic N) is 4. The lowest BCUT2D eigenvalue weighted by molar-refractivity contribution is -0.121. The van der Waals surface area contributed by atoms with E-state index in [-0.39, 0.29) is 48.0 Å². The van der Waals surface area contributed by atoms with Gasteiger partial charge in [0.2, 0.25) is 5.91 Å². The molecule has 7 nitrogen and oxygen atoms in total. The number of morpholine rings is 1. The van der Waals surface area contributed by atoms with Crippen LogP contribution in [-0.2, 0) is 21.4 Å². The molecule has 0 unspecified atom stereocenters. The summed E-state index contributed by atoms with van der Waals surface area (Å²) in [6.45, 7) is 16.1. The van der Waals surface area contributed by atoms with Crippen molar-refractivity contribution in [3.05, 3.63) is 59.2 Å². The van der Waals surface area contributed by atoms with Crippen LogP contribution in [0.15, 0.2) is 36.5 Å². The molecule has 2 fully saturated rings. The van der Waals surface area contributed by atoms with Crippen LogP contribution in [0, 0.1) is 5.82 Å². The smallest absolute Gasteiger partial charge is 0.241 e. The van der Waals surface area contributed by atoms with Crippen LogP contribution in [0.25, 0.3) is 0 Å². The molecule has 40 heavy (non-hydrogen) atoms. The summed E-state index contributed by atoms with van der Waals surface area (Å²) in [6, 6.07) is 10.0. The summed E-state index contributed by atoms with van der Waals surface area (Å²) in [6.07, 6.45) is 2.55. The number of aromatic nitrogens is 1. The van der Waals surface area contributed by atoms with Crippen molar-refractivity contribution < 1.29 is 13.9 Å². The van der Waals surface area contributed by atoms with Gasteiger partial charge in [-0.1, -0.05) is 26.0 Å². The zero-order valence-corrected chi connectivity index (χ0v) is 25.9. The first-order chi connectivity index (χ1) is 18.1. The Morgan fingerprint density at radius 3 is 2.45 bits per heavy atom. The summed E-state index contributed by atoms with van der Waals surface area (Å²) in [4.78, 5) is 25.6. The van der Waals surface area contributed by atoms with Crippen LogP contribution in [0.3, 0.4) is 0 Å². The zero-order valence-electron chi connectivity index (χ0n) is 24.2. The van der Waals surface area contributed by atoms with Crippen LogP contribution in [-0.4, -0.2) is 90.8 Å². The molecule has 0 radical (unpaired) electrons. The molecule has 3 aliphatic heterocycles. The summed E-state index contributed by atoms with van der Waals surface area (Å²) in [5.74, 6) is -0.114. The SMILES string of the molecule is C[C@@H]1CN(CC(=O)N2CC(C)(C)c3ncc(Cc4ccc(F)cc4)cc32)[C@@H](CN2[C@H](C)COC[C@H]2C)CN1.Cl.Cl. The fraction of sp³-hybridized carbons (Fsp3) is 0.600. The highest BCUT2D eigenvalue weighted by Crippen LogP contribution is 2.39. The van der Waals surface area contributed by atoms with Crippen LogP contribution in [0.2, 0.25) is 0 Å². The van der Waals surface area contributed by atoms with E-state index < -0.39 is 0 Å². The maximum atomic E-state index is 13.9. The van der Waals surface area contributed by atoms with Crippen molar-refractivity contribution in [1.82, 2.24) is 20.1 Å². The largest absolute Gasteiger partial charge is 0.378 e. The van der Waals surface area contributed by atoms with Gasteiger partial charge >= 0.3 is 0 Å². The number of ether oxygens (including phenoxy) is 1. The third-order valence-electron chi connectivity index (χ3n) is 8.37. The number of nitrogens with one attached hydrogen (secondary N) is 1. The van der Waals surface area contributed by atoms with Crippen molar-refractivity contribution in [1.29, 1.82) is 0 Å². The molecule has 222 valence electrons. The molecule has 5 rings (SSSR count). The first kappa shape index (κ1) is 32.7. The number of hydrogen-bond acceptors (Lipinski definition) is 6. The van der Waals surface area contributed by atoms with Gasteiger partial charge in [0.25, 0.3) is 0 Å². The van der Waals surface area contributed by atoms with E-state index in [9.17, 15) is 9.18 Å². The summed E-state index contributed by atoms with van der Waals surface area (Å²) in [5, 5.41) is 3.63. The predicted octanol–water partition coefficient (Wildman–Crippen LogP) is 4.05. The molecule has 2 saturated heterocycles. The molecule has 10 heteroatoms. The van der Waals surface area contributed by atoms with Gasteiger partial charge in [-0.15, -0.1) is 24.8 Å². The normalized spacial score (nSPS) is 26.5. The minimum Gasteiger partial charge on any atom is -0.378 e. The third kappa shape index (κ3) is 7.15. The molecule has 1 N–H and O–H groups in total. The number of carbonyl (C=O) groups is 1. The van der Waals surface area contributed by atoms with E-state index in [2.05, 4.69) is 55.8 Å². The highest BCUT2D eigenvalue weighted by atomic mass is 35.5. The summed E-state index contributed by atoms with van der Waals surface area (Å²) in [5.41, 5.74) is 3.71. The lowest BCUT2D eigenvalue weighted by Crippen LogP contribution is -2.63. The Bertz CT molecular complexity index is 1140. The number of halogens is 3. The second kappa shape index (κ2) is 13.4. The second-order valence-corrected chi connectivity index (χ2v) is 12.2. The van der Waals surface area contributed by atoms with Gasteiger partial charge in [-0.25, -0.2) is 4.39 Å². The average Bonchev–Trinajstić information content (AvgIpc) is 3.14. The minimum atomic E-state index is -0.238. The maximum Gasteiger partial charge on any atom is 0.241 e. The number of amides is 1. The van der Waals surface area contributed by atoms with Crippen molar-refractivity contribution in [2.75, 3.05) is 50.8 Å². The quantitative estimate of drug-likeness (QED) is 0.543. The van der Waals surface area contributed by atoms with Crippen molar-refractivity contribution in [2.45, 2.75) is 70.6 Å². The van der Waals surface area contributed by atoms with Crippen LogP contribution in [0.1, 0.15) is 51.4 Å². The van der Waals surface area contributed by atoms with E-state index >= 15 is 0 Å². The molecule has 1 aromatic carbocycles. The summed E-state index contributed by atoms with van der Waals surface area (Å²) < 4.78 is 19.1. The van der Waals surface area contributed by atoms with Crippen LogP contribution in [0.4, 0.5) is 10.1 Å². The van der Waals surface area contributed by atoms with E-state index in [4.69, 9.17) is 9.72 Å². The zero-order chi connectivity index (χ0) is 27.0. The Hall–Kier alpha value is -1.81. The van der Waals surface area contributed by atoms with E-state index in [0.717, 1.165) is 55.4 Å². The Morgan fingerprint density at radius 2 is 1.77 bits per heavy atom. The topological polar surface area (TPSA) is 60.9 Å². The van der Waals surface area contributed by atoms with Crippen molar-refractivity contribution in [3.8, 4) is 0 Å². The number of rotatable bonds is 6. The first-order valence-electron chi connectivity index (χ1n) is 14.0. The predicted molar refractivity (Wildman–Crippen MR) is 163 cm³/mol. The maximum absolute atomic E-state index is 13.9. The molecule has 0 aliphatic carbocycles. The summed E-state index contributed by atoms with van der Waals surface area (Å²) >= 11 is 0. The van der Waals surface area contributed by atoms with E-state index in [1.54, 1.807) is 12.1 Å². The Morgan fingerprint density at radius 1 is 1.10 bits per heavy atom. The van der Waals surface area contributed by atoms with Gasteiger partial charge in [-0.05, 0) is 56.5 Å². The van der Waals surface area contributed by atoms with Gasteiger partial charge < -0.3 is 15.0 Å². The molecule has 2 aromatic rings. The molecular weight excluding hydrogens is 552 g/mol. The van der Waals surface area contributed by atoms with Gasteiger partial charge in [0.05, 0.1) is 31.1 Å². The molecular formula is C30H44Cl2FN5O2. The number of hydrogen-bond donors (Lipinski definition) is 1. The summed E-state index contributed by atoms with van der Waals surface area (Å²) in [7, 11) is 0. The van der Waals surface area contributed by atoms with Gasteiger partial charge in [0.1, 0.15) is 5.82 Å². The van der Waals surface area contributed by atoms with Crippen LogP contribution >= 0.6 is 24.8 Å². The highest BCUT2D eigenvalue weighted by Gasteiger charge is 2.41. The lowest BCUT2D eigenvalue weighted by Gasteiger charge is -2.46. The first-order valence-corrected chi connectivity index (χ1v) is 14.0. The van der Waals surface area contributed by atoms with Crippen LogP contribution < -0.4 is 10.2 Å². The number of anilines is 1. The number of benzene rings is 1. The molecule has 4 atom stereocenters. The number of piperazine rings is 1. The van der Waals surface area contributed by atoms with E-state index in [1.807, 2.05) is 11.1 Å². The number of pyridine rings is 1. The molecule has 1 amide bonds. The van der Waals surface area contributed by atoms with Gasteiger partial charge in [-0.3, -0.25) is 19.6 Å². The van der Waals surface area contributed by atoms with E-state index in [1.165, 1.54) is 12.1 Å². The van der Waals surface area contributed by atoms with Crippen molar-refractivity contribution in [3.63, 3.8) is 0 Å². The van der Waals surface area contributed by atoms with Crippen molar-refractivity contribution >= 4 is 36.4 Å². The van der Waals surface area contributed by atoms with Crippen molar-refractivity contribution in [2.24, 2.45) is 0 Å². The average molecular weight is 597 g/mol. The molecule has 0 bridgehead atoms. The fourth-order valence-electron chi connectivity index (χ4n) is 6.24.